The van der Waals surface area contributed by atoms with Gasteiger partial charge in [-0.15, -0.1) is 6.42 Å². The molecule has 0 spiro atoms. The number of carbonyl (C=O) groups excluding carboxylic acids is 1. The van der Waals surface area contributed by atoms with E-state index in [2.05, 4.69) is 26.3 Å². The lowest BCUT2D eigenvalue weighted by Crippen LogP contribution is -2.22. The van der Waals surface area contributed by atoms with Gasteiger partial charge in [0.05, 0.1) is 18.2 Å². The van der Waals surface area contributed by atoms with Crippen LogP contribution in [0.2, 0.25) is 0 Å². The number of hydrogen-bond donors (Lipinski definition) is 2. The summed E-state index contributed by atoms with van der Waals surface area (Å²) in [6.07, 6.45) is 12.3. The Hall–Kier alpha value is -3.59. The van der Waals surface area contributed by atoms with Crippen molar-refractivity contribution in [1.82, 2.24) is 19.7 Å². The third-order valence-corrected chi connectivity index (χ3v) is 6.55. The molecule has 3 N–H and O–H groups in total. The van der Waals surface area contributed by atoms with Crippen molar-refractivity contribution in [3.8, 4) is 12.3 Å². The molecule has 0 amide bonds. The second kappa shape index (κ2) is 10.4. The molecule has 3 atom stereocenters. The summed E-state index contributed by atoms with van der Waals surface area (Å²) in [7, 11) is -3.97. The summed E-state index contributed by atoms with van der Waals surface area (Å²) in [4.78, 5) is 21.6. The minimum Gasteiger partial charge on any atom is -0.367 e. The summed E-state index contributed by atoms with van der Waals surface area (Å²) in [6.45, 7) is 2.01. The van der Waals surface area contributed by atoms with Gasteiger partial charge in [0.2, 0.25) is 5.78 Å². The Labute approximate surface area is 204 Å². The maximum Gasteiger partial charge on any atom is 0.333 e. The fourth-order valence-corrected chi connectivity index (χ4v) is 4.59. The predicted octanol–water partition coefficient (Wildman–Crippen LogP) is 2.30. The van der Waals surface area contributed by atoms with E-state index in [0.717, 1.165) is 24.0 Å². The quantitative estimate of drug-likeness (QED) is 0.341. The molecule has 0 bridgehead atoms. The molecule has 1 aliphatic carbocycles. The number of ketones is 1. The number of aromatic nitrogens is 4. The van der Waals surface area contributed by atoms with Gasteiger partial charge in [0, 0.05) is 24.0 Å². The highest BCUT2D eigenvalue weighted by atomic mass is 32.2. The Morgan fingerprint density at radius 2 is 2.20 bits per heavy atom. The van der Waals surface area contributed by atoms with Crippen molar-refractivity contribution in [3.63, 3.8) is 0 Å². The highest BCUT2D eigenvalue weighted by Gasteiger charge is 2.28. The predicted molar refractivity (Wildman–Crippen MR) is 130 cm³/mol. The number of nitrogens with two attached hydrogens (primary N) is 1. The van der Waals surface area contributed by atoms with Crippen molar-refractivity contribution in [3.05, 3.63) is 71.4 Å². The number of nitrogens with zero attached hydrogens (tertiary/aromatic N) is 4. The van der Waals surface area contributed by atoms with Gasteiger partial charge in [-0.3, -0.25) is 13.7 Å². The minimum atomic E-state index is -3.97. The van der Waals surface area contributed by atoms with Crippen LogP contribution in [0.5, 0.6) is 0 Å². The fraction of sp³-hybridized carbons (Fsp3) is 0.333. The lowest BCUT2D eigenvalue weighted by atomic mass is 10.1. The normalized spacial score (nSPS) is 18.7. The van der Waals surface area contributed by atoms with Crippen molar-refractivity contribution in [2.75, 3.05) is 11.9 Å². The lowest BCUT2D eigenvalue weighted by molar-refractivity contribution is 0.103. The minimum absolute atomic E-state index is 0.00605. The molecule has 0 saturated heterocycles. The van der Waals surface area contributed by atoms with E-state index < -0.39 is 10.3 Å². The maximum atomic E-state index is 13.3. The van der Waals surface area contributed by atoms with Gasteiger partial charge in [0.1, 0.15) is 17.8 Å². The second-order valence-electron chi connectivity index (χ2n) is 8.54. The van der Waals surface area contributed by atoms with Crippen LogP contribution >= 0.6 is 0 Å². The van der Waals surface area contributed by atoms with Gasteiger partial charge in [-0.1, -0.05) is 18.1 Å². The van der Waals surface area contributed by atoms with Crippen LogP contribution in [-0.4, -0.2) is 46.6 Å². The van der Waals surface area contributed by atoms with Crippen molar-refractivity contribution in [2.24, 2.45) is 11.1 Å². The average Bonchev–Trinajstić information content (AvgIpc) is 3.52. The molecule has 1 saturated carbocycles. The van der Waals surface area contributed by atoms with Crippen LogP contribution in [0.25, 0.3) is 0 Å². The number of carbonyl (C=O) groups is 1. The molecule has 3 unspecified atom stereocenters. The van der Waals surface area contributed by atoms with Crippen LogP contribution in [0.4, 0.5) is 5.82 Å². The summed E-state index contributed by atoms with van der Waals surface area (Å²) in [5, 5.41) is 12.7. The summed E-state index contributed by atoms with van der Waals surface area (Å²) in [5.41, 5.74) is 2.34. The first-order chi connectivity index (χ1) is 16.7. The Bertz CT molecular complexity index is 1360. The summed E-state index contributed by atoms with van der Waals surface area (Å²) >= 11 is 0. The molecule has 0 aliphatic heterocycles. The van der Waals surface area contributed by atoms with E-state index in [9.17, 15) is 13.2 Å². The second-order valence-corrected chi connectivity index (χ2v) is 9.76. The van der Waals surface area contributed by atoms with Crippen LogP contribution < -0.4 is 10.5 Å². The number of benzene rings is 1. The Balaban J connectivity index is 1.46. The molecular weight excluding hydrogens is 468 g/mol. The van der Waals surface area contributed by atoms with Gasteiger partial charge in [0.15, 0.2) is 0 Å². The smallest absolute Gasteiger partial charge is 0.333 e. The summed E-state index contributed by atoms with van der Waals surface area (Å²) in [5.74, 6) is 2.77. The monoisotopic (exact) mass is 494 g/mol. The maximum absolute atomic E-state index is 13.3. The zero-order chi connectivity index (χ0) is 25.0. The highest BCUT2D eigenvalue weighted by molar-refractivity contribution is 7.84. The molecule has 182 valence electrons. The first-order valence-corrected chi connectivity index (χ1v) is 12.6. The molecule has 2 aromatic heterocycles. The van der Waals surface area contributed by atoms with Crippen molar-refractivity contribution < 1.29 is 17.4 Å². The zero-order valence-electron chi connectivity index (χ0n) is 19.2. The molecule has 1 aliphatic rings. The highest BCUT2D eigenvalue weighted by Crippen LogP contribution is 2.29. The van der Waals surface area contributed by atoms with Crippen LogP contribution in [0.15, 0.2) is 49.1 Å². The van der Waals surface area contributed by atoms with Crippen LogP contribution in [0.3, 0.4) is 0 Å². The van der Waals surface area contributed by atoms with Gasteiger partial charge >= 0.3 is 10.3 Å². The van der Waals surface area contributed by atoms with E-state index in [1.165, 1.54) is 12.5 Å². The Kier molecular flexibility index (Phi) is 7.25. The number of hydrogen-bond acceptors (Lipinski definition) is 8. The third-order valence-electron chi connectivity index (χ3n) is 6.08. The van der Waals surface area contributed by atoms with Gasteiger partial charge in [0.25, 0.3) is 0 Å². The van der Waals surface area contributed by atoms with Gasteiger partial charge < -0.3 is 5.32 Å². The average molecular weight is 495 g/mol. The molecule has 11 heteroatoms. The van der Waals surface area contributed by atoms with E-state index in [-0.39, 0.29) is 36.1 Å². The van der Waals surface area contributed by atoms with Crippen molar-refractivity contribution in [1.29, 1.82) is 0 Å². The first-order valence-electron chi connectivity index (χ1n) is 11.1. The molecule has 1 fully saturated rings. The summed E-state index contributed by atoms with van der Waals surface area (Å²) in [6, 6.07) is 9.18. The SMILES string of the molecule is C#Cc1cccc(C(C)n2ccc(C(=O)c3cncnc3NC3CCC(COS(N)(=O)=O)C3)n2)c1. The number of nitrogens with one attached hydrogen (secondary N) is 1. The standard InChI is InChI=1S/C24H26N6O4S/c1-3-17-5-4-6-19(11-17)16(2)30-10-9-22(29-30)23(31)21-13-26-15-27-24(21)28-20-8-7-18(12-20)14-34-35(25,32)33/h1,4-6,9-11,13,15-16,18,20H,7-8,12,14H2,2H3,(H2,25,32,33)(H,26,27,28). The summed E-state index contributed by atoms with van der Waals surface area (Å²) < 4.78 is 28.5. The van der Waals surface area contributed by atoms with Gasteiger partial charge in [-0.2, -0.15) is 13.5 Å². The number of rotatable bonds is 9. The number of anilines is 1. The van der Waals surface area contributed by atoms with Gasteiger partial charge in [-0.25, -0.2) is 15.1 Å². The lowest BCUT2D eigenvalue weighted by Gasteiger charge is -2.16. The molecule has 10 nitrogen and oxygen atoms in total. The Morgan fingerprint density at radius 1 is 1.37 bits per heavy atom. The molecular formula is C24H26N6O4S. The largest absolute Gasteiger partial charge is 0.367 e. The molecule has 3 aromatic rings. The van der Waals surface area contributed by atoms with Crippen molar-refractivity contribution >= 4 is 21.9 Å². The molecule has 4 rings (SSSR count). The zero-order valence-corrected chi connectivity index (χ0v) is 20.0. The van der Waals surface area contributed by atoms with Gasteiger partial charge in [-0.05, 0) is 55.9 Å². The Morgan fingerprint density at radius 3 is 2.97 bits per heavy atom. The van der Waals surface area contributed by atoms with E-state index in [1.807, 2.05) is 31.2 Å². The van der Waals surface area contributed by atoms with Crippen LogP contribution in [0, 0.1) is 18.3 Å². The van der Waals surface area contributed by atoms with E-state index in [1.54, 1.807) is 16.9 Å². The third kappa shape index (κ3) is 6.10. The van der Waals surface area contributed by atoms with Crippen molar-refractivity contribution in [2.45, 2.75) is 38.3 Å². The molecule has 1 aromatic carbocycles. The molecule has 2 heterocycles. The fourth-order valence-electron chi connectivity index (χ4n) is 4.21. The topological polar surface area (TPSA) is 142 Å². The first kappa shape index (κ1) is 24.5. The molecule has 35 heavy (non-hydrogen) atoms. The molecule has 0 radical (unpaired) electrons. The van der Waals surface area contributed by atoms with E-state index in [4.69, 9.17) is 15.7 Å². The van der Waals surface area contributed by atoms with E-state index >= 15 is 0 Å². The van der Waals surface area contributed by atoms with Crippen LogP contribution in [-0.2, 0) is 14.5 Å². The number of terminal acetylenes is 1. The van der Waals surface area contributed by atoms with Crippen LogP contribution in [0.1, 0.15) is 59.4 Å². The van der Waals surface area contributed by atoms with E-state index in [0.29, 0.717) is 17.8 Å².